The van der Waals surface area contributed by atoms with Crippen LogP contribution in [-0.4, -0.2) is 4.57 Å². The van der Waals surface area contributed by atoms with E-state index in [9.17, 15) is 0 Å². The zero-order chi connectivity index (χ0) is 40.0. The number of aromatic nitrogens is 1. The highest BCUT2D eigenvalue weighted by molar-refractivity contribution is 6.11. The second-order valence-corrected chi connectivity index (χ2v) is 16.7. The molecule has 0 aliphatic heterocycles. The van der Waals surface area contributed by atoms with Crippen molar-refractivity contribution < 1.29 is 4.42 Å². The first kappa shape index (κ1) is 34.7. The molecule has 0 bridgehead atoms. The monoisotopic (exact) mass is 770 g/mol. The average molecular weight is 771 g/mol. The predicted octanol–water partition coefficient (Wildman–Crippen LogP) is 15.6. The van der Waals surface area contributed by atoms with Gasteiger partial charge in [0.15, 0.2) is 0 Å². The second kappa shape index (κ2) is 13.3. The molecule has 10 aromatic rings. The lowest BCUT2D eigenvalue weighted by Gasteiger charge is -2.30. The summed E-state index contributed by atoms with van der Waals surface area (Å²) in [5.74, 6) is 0. The third-order valence-corrected chi connectivity index (χ3v) is 13.1. The van der Waals surface area contributed by atoms with Crippen LogP contribution in [0.1, 0.15) is 42.7 Å². The van der Waals surface area contributed by atoms with E-state index in [4.69, 9.17) is 4.42 Å². The molecular weight excluding hydrogens is 729 g/mol. The van der Waals surface area contributed by atoms with Gasteiger partial charge in [-0.05, 0) is 89.2 Å². The Bertz CT molecular complexity index is 3360. The highest BCUT2D eigenvalue weighted by Gasteiger charge is 2.37. The van der Waals surface area contributed by atoms with E-state index in [1.807, 2.05) is 6.07 Å². The van der Waals surface area contributed by atoms with Crippen molar-refractivity contribution >= 4 is 56.0 Å². The van der Waals surface area contributed by atoms with Crippen LogP contribution in [0.15, 0.2) is 192 Å². The second-order valence-electron chi connectivity index (χ2n) is 16.7. The average Bonchev–Trinajstić information content (AvgIpc) is 3.93. The molecule has 3 heteroatoms. The standard InChI is InChI=1S/C57H42N2O/c1-57(2)48-28-11-6-24-46(48)55-43(25-17-29-49(55)57)39-20-7-12-30-50(39)59(38-34-35-53-47(36-38)41-22-9-14-32-52(41)58(53)37-18-4-3-5-19-37)51-31-13-8-21-40(51)44-26-16-27-45-42-23-10-15-33-54(42)60-56(44)45/h3-13,15-31,33-36H,14,32H2,1-2H3. The Kier molecular flexibility index (Phi) is 7.71. The summed E-state index contributed by atoms with van der Waals surface area (Å²) in [5.41, 5.74) is 20.0. The Balaban J connectivity index is 1.15. The third kappa shape index (κ3) is 5.09. The molecular formula is C57H42N2O. The van der Waals surface area contributed by atoms with Crippen LogP contribution < -0.4 is 4.90 Å². The normalized spacial score (nSPS) is 13.8. The first-order valence-corrected chi connectivity index (χ1v) is 21.1. The molecule has 0 atom stereocenters. The summed E-state index contributed by atoms with van der Waals surface area (Å²) in [7, 11) is 0. The van der Waals surface area contributed by atoms with E-state index >= 15 is 0 Å². The summed E-state index contributed by atoms with van der Waals surface area (Å²) in [6.07, 6.45) is 6.70. The van der Waals surface area contributed by atoms with E-state index in [0.717, 1.165) is 63.0 Å². The van der Waals surface area contributed by atoms with Crippen molar-refractivity contribution in [2.24, 2.45) is 0 Å². The number of nitrogens with zero attached hydrogens (tertiary/aromatic N) is 2. The van der Waals surface area contributed by atoms with Crippen molar-refractivity contribution in [2.75, 3.05) is 4.90 Å². The van der Waals surface area contributed by atoms with Crippen LogP contribution in [0, 0.1) is 0 Å². The van der Waals surface area contributed by atoms with Crippen LogP contribution in [0.4, 0.5) is 17.1 Å². The minimum Gasteiger partial charge on any atom is -0.455 e. The fourth-order valence-corrected chi connectivity index (χ4v) is 10.4. The molecule has 60 heavy (non-hydrogen) atoms. The fourth-order valence-electron chi connectivity index (χ4n) is 10.4. The Hall–Kier alpha value is -7.36. The molecule has 0 radical (unpaired) electrons. The van der Waals surface area contributed by atoms with Crippen LogP contribution in [-0.2, 0) is 11.8 Å². The van der Waals surface area contributed by atoms with Gasteiger partial charge in [0.25, 0.3) is 0 Å². The lowest BCUT2D eigenvalue weighted by molar-refractivity contribution is 0.660. The quantitative estimate of drug-likeness (QED) is 0.168. The molecule has 2 aromatic heterocycles. The van der Waals surface area contributed by atoms with Gasteiger partial charge in [-0.25, -0.2) is 0 Å². The molecule has 2 aliphatic carbocycles. The molecule has 12 rings (SSSR count). The highest BCUT2D eigenvalue weighted by Crippen LogP contribution is 2.54. The summed E-state index contributed by atoms with van der Waals surface area (Å²) in [4.78, 5) is 2.50. The molecule has 0 N–H and O–H groups in total. The summed E-state index contributed by atoms with van der Waals surface area (Å²) in [6.45, 7) is 4.72. The van der Waals surface area contributed by atoms with Crippen LogP contribution >= 0.6 is 0 Å². The van der Waals surface area contributed by atoms with Crippen LogP contribution in [0.2, 0.25) is 0 Å². The molecule has 0 saturated carbocycles. The molecule has 2 aliphatic rings. The lowest BCUT2D eigenvalue weighted by Crippen LogP contribution is -2.15. The molecule has 2 heterocycles. The molecule has 0 saturated heterocycles. The van der Waals surface area contributed by atoms with E-state index in [-0.39, 0.29) is 5.41 Å². The van der Waals surface area contributed by atoms with Crippen LogP contribution in [0.5, 0.6) is 0 Å². The third-order valence-electron chi connectivity index (χ3n) is 13.1. The van der Waals surface area contributed by atoms with Crippen molar-refractivity contribution in [3.8, 4) is 39.1 Å². The zero-order valence-corrected chi connectivity index (χ0v) is 33.7. The molecule has 0 spiro atoms. The first-order chi connectivity index (χ1) is 29.6. The summed E-state index contributed by atoms with van der Waals surface area (Å²) < 4.78 is 9.19. The highest BCUT2D eigenvalue weighted by atomic mass is 16.3. The minimum absolute atomic E-state index is 0.113. The van der Waals surface area contributed by atoms with Crippen molar-refractivity contribution in [3.63, 3.8) is 0 Å². The summed E-state index contributed by atoms with van der Waals surface area (Å²) >= 11 is 0. The first-order valence-electron chi connectivity index (χ1n) is 21.1. The van der Waals surface area contributed by atoms with E-state index < -0.39 is 0 Å². The van der Waals surface area contributed by atoms with Gasteiger partial charge in [0.05, 0.1) is 16.9 Å². The fraction of sp³-hybridized carbons (Fsp3) is 0.0877. The number of fused-ring (bicyclic) bond motifs is 9. The van der Waals surface area contributed by atoms with Gasteiger partial charge in [-0.15, -0.1) is 0 Å². The van der Waals surface area contributed by atoms with Gasteiger partial charge < -0.3 is 13.9 Å². The van der Waals surface area contributed by atoms with Gasteiger partial charge in [-0.1, -0.05) is 159 Å². The van der Waals surface area contributed by atoms with Crippen LogP contribution in [0.25, 0.3) is 78.0 Å². The van der Waals surface area contributed by atoms with Gasteiger partial charge in [-0.2, -0.15) is 0 Å². The number of rotatable bonds is 6. The Labute approximate surface area is 350 Å². The number of allylic oxidation sites excluding steroid dienone is 1. The summed E-state index contributed by atoms with van der Waals surface area (Å²) in [5, 5.41) is 3.49. The molecule has 0 amide bonds. The Morgan fingerprint density at radius 1 is 0.533 bits per heavy atom. The molecule has 0 unspecified atom stereocenters. The number of para-hydroxylation sites is 5. The van der Waals surface area contributed by atoms with Crippen molar-refractivity contribution in [1.29, 1.82) is 0 Å². The van der Waals surface area contributed by atoms with Crippen molar-refractivity contribution in [2.45, 2.75) is 32.1 Å². The van der Waals surface area contributed by atoms with Gasteiger partial charge in [0, 0.05) is 60.9 Å². The lowest BCUT2D eigenvalue weighted by atomic mass is 9.82. The largest absolute Gasteiger partial charge is 0.455 e. The predicted molar refractivity (Wildman–Crippen MR) is 251 cm³/mol. The zero-order valence-electron chi connectivity index (χ0n) is 33.7. The van der Waals surface area contributed by atoms with Gasteiger partial charge >= 0.3 is 0 Å². The van der Waals surface area contributed by atoms with Gasteiger partial charge in [0.2, 0.25) is 0 Å². The van der Waals surface area contributed by atoms with E-state index in [1.54, 1.807) is 0 Å². The molecule has 286 valence electrons. The van der Waals surface area contributed by atoms with Crippen LogP contribution in [0.3, 0.4) is 0 Å². The van der Waals surface area contributed by atoms with Crippen molar-refractivity contribution in [1.82, 2.24) is 4.57 Å². The number of anilines is 3. The smallest absolute Gasteiger partial charge is 0.143 e. The van der Waals surface area contributed by atoms with E-state index in [2.05, 4.69) is 211 Å². The topological polar surface area (TPSA) is 21.3 Å². The van der Waals surface area contributed by atoms with E-state index in [0.29, 0.717) is 0 Å². The Morgan fingerprint density at radius 3 is 2.00 bits per heavy atom. The molecule has 3 nitrogen and oxygen atoms in total. The van der Waals surface area contributed by atoms with Gasteiger partial charge in [0.1, 0.15) is 11.2 Å². The maximum atomic E-state index is 6.72. The summed E-state index contributed by atoms with van der Waals surface area (Å²) in [6, 6.07) is 66.5. The van der Waals surface area contributed by atoms with Gasteiger partial charge in [-0.3, -0.25) is 0 Å². The number of hydrogen-bond donors (Lipinski definition) is 0. The number of hydrogen-bond acceptors (Lipinski definition) is 2. The molecule has 8 aromatic carbocycles. The number of benzene rings is 8. The maximum absolute atomic E-state index is 6.72. The van der Waals surface area contributed by atoms with Crippen molar-refractivity contribution in [3.05, 3.63) is 210 Å². The van der Waals surface area contributed by atoms with E-state index in [1.165, 1.54) is 61.2 Å². The Morgan fingerprint density at radius 2 is 1.17 bits per heavy atom. The SMILES string of the molecule is CC1(C)c2ccccc2-c2c(-c3ccccc3N(c3ccc4c(c3)c3c(n4-c4ccccc4)CCC=C3)c3ccccc3-c3cccc4c3oc3ccccc34)cccc21. The maximum Gasteiger partial charge on any atom is 0.143 e. The minimum atomic E-state index is -0.113. The molecule has 0 fully saturated rings. The number of furan rings is 1.